The predicted molar refractivity (Wildman–Crippen MR) is 61.3 cm³/mol. The highest BCUT2D eigenvalue weighted by Crippen LogP contribution is 2.03. The summed E-state index contributed by atoms with van der Waals surface area (Å²) in [6, 6.07) is 0.288. The van der Waals surface area contributed by atoms with Crippen LogP contribution in [0.1, 0.15) is 39.5 Å². The normalized spacial score (nSPS) is 14.2. The van der Waals surface area contributed by atoms with Gasteiger partial charge in [-0.1, -0.05) is 19.8 Å². The van der Waals surface area contributed by atoms with Crippen molar-refractivity contribution in [3.8, 4) is 0 Å². The molecule has 4 heteroatoms. The van der Waals surface area contributed by atoms with Crippen molar-refractivity contribution in [2.24, 2.45) is 0 Å². The van der Waals surface area contributed by atoms with E-state index in [9.17, 15) is 8.42 Å². The molecule has 0 aliphatic rings. The summed E-state index contributed by atoms with van der Waals surface area (Å²) in [5, 5.41) is 3.04. The van der Waals surface area contributed by atoms with E-state index in [0.717, 1.165) is 19.3 Å². The van der Waals surface area contributed by atoms with E-state index in [4.69, 9.17) is 0 Å². The standard InChI is InChI=1S/C10H23NO2S/c1-4-5-6-8-14(12,13)9-7-10(2)11-3/h10-11H,4-9H2,1-3H3. The lowest BCUT2D eigenvalue weighted by Crippen LogP contribution is -2.25. The molecule has 0 heterocycles. The Morgan fingerprint density at radius 2 is 1.86 bits per heavy atom. The fourth-order valence-electron chi connectivity index (χ4n) is 1.17. The van der Waals surface area contributed by atoms with E-state index >= 15 is 0 Å². The first-order chi connectivity index (χ1) is 6.52. The average Bonchev–Trinajstić information content (AvgIpc) is 2.14. The van der Waals surface area contributed by atoms with Crippen LogP contribution in [0, 0.1) is 0 Å². The highest BCUT2D eigenvalue weighted by Gasteiger charge is 2.11. The molecule has 0 aliphatic heterocycles. The van der Waals surface area contributed by atoms with Crippen LogP contribution in [0.25, 0.3) is 0 Å². The van der Waals surface area contributed by atoms with Gasteiger partial charge in [-0.15, -0.1) is 0 Å². The monoisotopic (exact) mass is 221 g/mol. The van der Waals surface area contributed by atoms with Gasteiger partial charge >= 0.3 is 0 Å². The third-order valence-electron chi connectivity index (χ3n) is 2.41. The van der Waals surface area contributed by atoms with E-state index in [1.807, 2.05) is 14.0 Å². The van der Waals surface area contributed by atoms with Crippen LogP contribution in [-0.4, -0.2) is 33.0 Å². The molecule has 0 aliphatic carbocycles. The Balaban J connectivity index is 3.73. The van der Waals surface area contributed by atoms with Crippen LogP contribution in [-0.2, 0) is 9.84 Å². The third kappa shape index (κ3) is 7.33. The quantitative estimate of drug-likeness (QED) is 0.633. The number of sulfone groups is 1. The van der Waals surface area contributed by atoms with Gasteiger partial charge in [-0.3, -0.25) is 0 Å². The molecule has 86 valence electrons. The molecule has 0 amide bonds. The SMILES string of the molecule is CCCCCS(=O)(=O)CCC(C)NC. The van der Waals surface area contributed by atoms with Crippen LogP contribution in [0.15, 0.2) is 0 Å². The molecule has 0 radical (unpaired) electrons. The first-order valence-corrected chi connectivity index (χ1v) is 7.21. The van der Waals surface area contributed by atoms with Gasteiger partial charge in [0.25, 0.3) is 0 Å². The molecular formula is C10H23NO2S. The van der Waals surface area contributed by atoms with Crippen molar-refractivity contribution in [1.82, 2.24) is 5.32 Å². The van der Waals surface area contributed by atoms with E-state index in [0.29, 0.717) is 17.9 Å². The summed E-state index contributed by atoms with van der Waals surface area (Å²) in [7, 11) is -0.943. The largest absolute Gasteiger partial charge is 0.317 e. The Morgan fingerprint density at radius 1 is 1.21 bits per heavy atom. The van der Waals surface area contributed by atoms with Gasteiger partial charge in [0.1, 0.15) is 9.84 Å². The molecule has 0 saturated heterocycles. The lowest BCUT2D eigenvalue weighted by molar-refractivity contribution is 0.562. The van der Waals surface area contributed by atoms with Gasteiger partial charge < -0.3 is 5.32 Å². The van der Waals surface area contributed by atoms with Crippen molar-refractivity contribution in [3.05, 3.63) is 0 Å². The topological polar surface area (TPSA) is 46.2 Å². The molecule has 0 aromatic heterocycles. The van der Waals surface area contributed by atoms with Gasteiger partial charge in [-0.25, -0.2) is 8.42 Å². The third-order valence-corrected chi connectivity index (χ3v) is 4.18. The molecular weight excluding hydrogens is 198 g/mol. The molecule has 0 aromatic rings. The lowest BCUT2D eigenvalue weighted by atomic mass is 10.3. The van der Waals surface area contributed by atoms with Gasteiger partial charge in [0.05, 0.1) is 11.5 Å². The van der Waals surface area contributed by atoms with E-state index in [2.05, 4.69) is 12.2 Å². The maximum Gasteiger partial charge on any atom is 0.150 e. The van der Waals surface area contributed by atoms with Crippen LogP contribution in [0.5, 0.6) is 0 Å². The molecule has 1 N–H and O–H groups in total. The first kappa shape index (κ1) is 13.9. The van der Waals surface area contributed by atoms with Crippen molar-refractivity contribution in [1.29, 1.82) is 0 Å². The number of hydrogen-bond donors (Lipinski definition) is 1. The van der Waals surface area contributed by atoms with E-state index in [1.54, 1.807) is 0 Å². The number of rotatable bonds is 8. The predicted octanol–water partition coefficient (Wildman–Crippen LogP) is 1.59. The van der Waals surface area contributed by atoms with Crippen LogP contribution >= 0.6 is 0 Å². The minimum Gasteiger partial charge on any atom is -0.317 e. The number of nitrogens with one attached hydrogen (secondary N) is 1. The minimum atomic E-state index is -2.80. The van der Waals surface area contributed by atoms with Gasteiger partial charge in [-0.2, -0.15) is 0 Å². The smallest absolute Gasteiger partial charge is 0.150 e. The van der Waals surface area contributed by atoms with E-state index < -0.39 is 9.84 Å². The lowest BCUT2D eigenvalue weighted by Gasteiger charge is -2.09. The Morgan fingerprint density at radius 3 is 2.36 bits per heavy atom. The molecule has 1 atom stereocenters. The van der Waals surface area contributed by atoms with Gasteiger partial charge in [0, 0.05) is 6.04 Å². The van der Waals surface area contributed by atoms with E-state index in [1.165, 1.54) is 0 Å². The summed E-state index contributed by atoms with van der Waals surface area (Å²) in [5.74, 6) is 0.677. The van der Waals surface area contributed by atoms with Crippen LogP contribution < -0.4 is 5.32 Å². The average molecular weight is 221 g/mol. The summed E-state index contributed by atoms with van der Waals surface area (Å²) in [4.78, 5) is 0. The highest BCUT2D eigenvalue weighted by molar-refractivity contribution is 7.91. The Kier molecular flexibility index (Phi) is 7.19. The van der Waals surface area contributed by atoms with Crippen molar-refractivity contribution < 1.29 is 8.42 Å². The molecule has 1 unspecified atom stereocenters. The summed E-state index contributed by atoms with van der Waals surface area (Å²) in [6.07, 6.45) is 3.61. The van der Waals surface area contributed by atoms with E-state index in [-0.39, 0.29) is 6.04 Å². The molecule has 3 nitrogen and oxygen atoms in total. The molecule has 0 spiro atoms. The Bertz CT molecular complexity index is 224. The molecule has 0 aromatic carbocycles. The zero-order valence-electron chi connectivity index (χ0n) is 9.54. The van der Waals surface area contributed by atoms with Crippen molar-refractivity contribution >= 4 is 9.84 Å². The minimum absolute atomic E-state index is 0.288. The second-order valence-corrected chi connectivity index (χ2v) is 6.14. The second-order valence-electron chi connectivity index (χ2n) is 3.84. The maximum absolute atomic E-state index is 11.5. The van der Waals surface area contributed by atoms with Crippen LogP contribution in [0.3, 0.4) is 0 Å². The van der Waals surface area contributed by atoms with Gasteiger partial charge in [0.2, 0.25) is 0 Å². The summed E-state index contributed by atoms with van der Waals surface area (Å²) in [6.45, 7) is 4.08. The zero-order valence-corrected chi connectivity index (χ0v) is 10.4. The Labute approximate surface area is 88.2 Å². The molecule has 14 heavy (non-hydrogen) atoms. The summed E-state index contributed by atoms with van der Waals surface area (Å²) < 4.78 is 23.0. The molecule has 0 saturated carbocycles. The number of hydrogen-bond acceptors (Lipinski definition) is 3. The first-order valence-electron chi connectivity index (χ1n) is 5.39. The van der Waals surface area contributed by atoms with Crippen molar-refractivity contribution in [2.75, 3.05) is 18.6 Å². The number of unbranched alkanes of at least 4 members (excludes halogenated alkanes) is 2. The van der Waals surface area contributed by atoms with Crippen LogP contribution in [0.4, 0.5) is 0 Å². The van der Waals surface area contributed by atoms with Crippen molar-refractivity contribution in [3.63, 3.8) is 0 Å². The molecule has 0 fully saturated rings. The summed E-state index contributed by atoms with van der Waals surface area (Å²) in [5.41, 5.74) is 0. The molecule has 0 rings (SSSR count). The van der Waals surface area contributed by atoms with Gasteiger partial charge in [-0.05, 0) is 26.8 Å². The van der Waals surface area contributed by atoms with Crippen LogP contribution in [0.2, 0.25) is 0 Å². The summed E-state index contributed by atoms with van der Waals surface area (Å²) >= 11 is 0. The fraction of sp³-hybridized carbons (Fsp3) is 1.00. The highest BCUT2D eigenvalue weighted by atomic mass is 32.2. The second kappa shape index (κ2) is 7.23. The fourth-order valence-corrected chi connectivity index (χ4v) is 2.74. The van der Waals surface area contributed by atoms with Crippen molar-refractivity contribution in [2.45, 2.75) is 45.6 Å². The Hall–Kier alpha value is -0.0900. The zero-order chi connectivity index (χ0) is 11.0. The maximum atomic E-state index is 11.5. The van der Waals surface area contributed by atoms with Gasteiger partial charge in [0.15, 0.2) is 0 Å². The molecule has 0 bridgehead atoms.